The number of carboxylic acid groups (broad SMARTS) is 1. The number of aromatic carboxylic acids is 1. The molecular weight excluding hydrogens is 467 g/mol. The first kappa shape index (κ1) is 25.0. The molecule has 14 heteroatoms. The third kappa shape index (κ3) is 8.09. The molecule has 0 radical (unpaired) electrons. The summed E-state index contributed by atoms with van der Waals surface area (Å²) in [6.07, 6.45) is 2.59. The number of carboxylic acids is 1. The minimum Gasteiger partial charge on any atom is -0.476 e. The Labute approximate surface area is 181 Å². The topological polar surface area (TPSA) is 144 Å². The normalized spacial score (nSPS) is 10.6. The van der Waals surface area contributed by atoms with Gasteiger partial charge in [0.1, 0.15) is 5.69 Å². The molecule has 2 rings (SSSR count). The van der Waals surface area contributed by atoms with Gasteiger partial charge in [0.25, 0.3) is 11.6 Å². The molecule has 0 unspecified atom stereocenters. The number of aryl methyl sites for hydroxylation is 2. The first-order valence-electron chi connectivity index (χ1n) is 8.01. The van der Waals surface area contributed by atoms with Crippen LogP contribution >= 0.6 is 32.7 Å². The zero-order chi connectivity index (χ0) is 22.3. The summed E-state index contributed by atoms with van der Waals surface area (Å²) in [5.41, 5.74) is -0.183. The van der Waals surface area contributed by atoms with E-state index in [1.807, 2.05) is 13.8 Å². The maximum Gasteiger partial charge on any atom is 0.355 e. The molecule has 0 saturated carbocycles. The number of nitro groups is 1. The van der Waals surface area contributed by atoms with Crippen LogP contribution in [0.1, 0.15) is 46.1 Å². The third-order valence-electron chi connectivity index (χ3n) is 3.50. The van der Waals surface area contributed by atoms with Crippen LogP contribution in [0.15, 0.2) is 12.3 Å². The van der Waals surface area contributed by atoms with Gasteiger partial charge in [-0.05, 0) is 18.8 Å². The van der Waals surface area contributed by atoms with Crippen LogP contribution in [0.2, 0.25) is 0 Å². The van der Waals surface area contributed by atoms with E-state index in [-0.39, 0.29) is 22.2 Å². The smallest absolute Gasteiger partial charge is 0.355 e. The van der Waals surface area contributed by atoms with Crippen molar-refractivity contribution in [1.82, 2.24) is 9.55 Å². The van der Waals surface area contributed by atoms with Gasteiger partial charge in [-0.3, -0.25) is 20.2 Å². The van der Waals surface area contributed by atoms with E-state index >= 15 is 0 Å². The Hall–Kier alpha value is -2.02. The molecule has 0 aliphatic heterocycles. The number of halogens is 2. The largest absolute Gasteiger partial charge is 0.476 e. The van der Waals surface area contributed by atoms with Crippen molar-refractivity contribution in [2.45, 2.75) is 26.7 Å². The summed E-state index contributed by atoms with van der Waals surface area (Å²) in [5.74, 6) is -1.33. The first-order chi connectivity index (χ1) is 13.4. The zero-order valence-corrected chi connectivity index (χ0v) is 18.7. The van der Waals surface area contributed by atoms with Gasteiger partial charge in [-0.25, -0.2) is 14.0 Å². The molecule has 0 bridgehead atoms. The Morgan fingerprint density at radius 1 is 1.45 bits per heavy atom. The number of nitrogens with one attached hydrogen (secondary N) is 1. The lowest BCUT2D eigenvalue weighted by molar-refractivity contribution is -0.384. The third-order valence-corrected chi connectivity index (χ3v) is 4.53. The van der Waals surface area contributed by atoms with Gasteiger partial charge in [0.15, 0.2) is 10.8 Å². The number of amides is 1. The van der Waals surface area contributed by atoms with Crippen molar-refractivity contribution in [2.75, 3.05) is 5.32 Å². The van der Waals surface area contributed by atoms with Gasteiger partial charge < -0.3 is 9.67 Å². The molecule has 0 aliphatic carbocycles. The molecule has 1 amide bonds. The summed E-state index contributed by atoms with van der Waals surface area (Å²) in [7, 11) is 8.87. The maximum absolute atomic E-state index is 12.3. The lowest BCUT2D eigenvalue weighted by Gasteiger charge is -2.02. The highest BCUT2D eigenvalue weighted by atomic mass is 36.0. The maximum atomic E-state index is 12.3. The second-order valence-corrected chi connectivity index (χ2v) is 9.73. The minimum absolute atomic E-state index is 0.0705. The van der Waals surface area contributed by atoms with Crippen molar-refractivity contribution in [2.24, 2.45) is 13.0 Å². The van der Waals surface area contributed by atoms with Gasteiger partial charge in [-0.1, -0.05) is 13.8 Å². The van der Waals surface area contributed by atoms with Gasteiger partial charge in [-0.15, -0.1) is 11.3 Å². The van der Waals surface area contributed by atoms with Crippen LogP contribution in [0.4, 0.5) is 10.8 Å². The molecule has 2 N–H and O–H groups in total. The predicted octanol–water partition coefficient (Wildman–Crippen LogP) is 3.97. The van der Waals surface area contributed by atoms with Crippen molar-refractivity contribution in [1.29, 1.82) is 0 Å². The molecular formula is C15H18Cl2N4O6S2. The molecule has 0 fully saturated rings. The SMILES string of the molecule is CC(C)CCc1sc(NC(=O)c2cc([N+](=O)[O-])cn2C)nc1C(=O)O.O=S(Cl)Cl. The van der Waals surface area contributed by atoms with Gasteiger partial charge in [0.2, 0.25) is 9.23 Å². The second kappa shape index (κ2) is 11.2. The summed E-state index contributed by atoms with van der Waals surface area (Å²) in [6.45, 7) is 4.07. The van der Waals surface area contributed by atoms with E-state index in [9.17, 15) is 24.8 Å². The quantitative estimate of drug-likeness (QED) is 0.343. The molecule has 0 spiro atoms. The lowest BCUT2D eigenvalue weighted by Crippen LogP contribution is -2.15. The fraction of sp³-hybridized carbons (Fsp3) is 0.400. The predicted molar refractivity (Wildman–Crippen MR) is 112 cm³/mol. The number of carbonyl (C=O) groups is 2. The molecule has 10 nitrogen and oxygen atoms in total. The van der Waals surface area contributed by atoms with Crippen LogP contribution in [-0.2, 0) is 22.7 Å². The number of carbonyl (C=O) groups excluding carboxylic acids is 1. The van der Waals surface area contributed by atoms with Crippen LogP contribution in [0, 0.1) is 16.0 Å². The highest BCUT2D eigenvalue weighted by Gasteiger charge is 2.22. The molecule has 0 atom stereocenters. The summed E-state index contributed by atoms with van der Waals surface area (Å²) >= 11 is 1.10. The second-order valence-electron chi connectivity index (χ2n) is 6.12. The molecule has 160 valence electrons. The van der Waals surface area contributed by atoms with E-state index in [2.05, 4.69) is 31.7 Å². The van der Waals surface area contributed by atoms with Crippen molar-refractivity contribution in [3.63, 3.8) is 0 Å². The highest BCUT2D eigenvalue weighted by molar-refractivity contribution is 8.26. The zero-order valence-electron chi connectivity index (χ0n) is 15.5. The van der Waals surface area contributed by atoms with E-state index < -0.39 is 26.0 Å². The Morgan fingerprint density at radius 2 is 2.03 bits per heavy atom. The molecule has 29 heavy (non-hydrogen) atoms. The number of rotatable bonds is 7. The molecule has 2 aromatic rings. The lowest BCUT2D eigenvalue weighted by atomic mass is 10.1. The number of thiazole rings is 1. The van der Waals surface area contributed by atoms with Crippen LogP contribution in [0.5, 0.6) is 0 Å². The van der Waals surface area contributed by atoms with E-state index in [1.54, 1.807) is 0 Å². The Bertz CT molecular complexity index is 924. The Kier molecular flexibility index (Phi) is 9.70. The Morgan fingerprint density at radius 3 is 2.48 bits per heavy atom. The fourth-order valence-electron chi connectivity index (χ4n) is 2.20. The summed E-state index contributed by atoms with van der Waals surface area (Å²) < 4.78 is 10.4. The van der Waals surface area contributed by atoms with Crippen LogP contribution in [0.3, 0.4) is 0 Å². The molecule has 0 saturated heterocycles. The Balaban J connectivity index is 0.000000960. The summed E-state index contributed by atoms with van der Waals surface area (Å²) in [6, 6.07) is 1.15. The van der Waals surface area contributed by atoms with E-state index in [1.165, 1.54) is 17.8 Å². The summed E-state index contributed by atoms with van der Waals surface area (Å²) in [4.78, 5) is 38.4. The van der Waals surface area contributed by atoms with Crippen molar-refractivity contribution in [3.8, 4) is 0 Å². The number of hydrogen-bond acceptors (Lipinski definition) is 7. The van der Waals surface area contributed by atoms with E-state index in [0.717, 1.165) is 23.8 Å². The average molecular weight is 485 g/mol. The van der Waals surface area contributed by atoms with Gasteiger partial charge >= 0.3 is 5.97 Å². The number of hydrogen-bond donors (Lipinski definition) is 2. The van der Waals surface area contributed by atoms with E-state index in [4.69, 9.17) is 4.21 Å². The van der Waals surface area contributed by atoms with Crippen molar-refractivity contribution in [3.05, 3.63) is 38.6 Å². The monoisotopic (exact) mass is 484 g/mol. The first-order valence-corrected chi connectivity index (χ1v) is 11.6. The number of aromatic nitrogens is 2. The van der Waals surface area contributed by atoms with Crippen LogP contribution in [-0.4, -0.2) is 35.7 Å². The molecule has 2 heterocycles. The van der Waals surface area contributed by atoms with Gasteiger partial charge in [0, 0.05) is 39.4 Å². The van der Waals surface area contributed by atoms with Gasteiger partial charge in [0.05, 0.1) is 11.1 Å². The average Bonchev–Trinajstić information content (AvgIpc) is 3.16. The van der Waals surface area contributed by atoms with Crippen molar-refractivity contribution < 1.29 is 23.8 Å². The highest BCUT2D eigenvalue weighted by Crippen LogP contribution is 2.26. The number of anilines is 1. The summed E-state index contributed by atoms with van der Waals surface area (Å²) in [5, 5.41) is 22.7. The number of nitrogens with zero attached hydrogens (tertiary/aromatic N) is 3. The molecule has 0 aromatic carbocycles. The van der Waals surface area contributed by atoms with Crippen LogP contribution in [0.25, 0.3) is 0 Å². The van der Waals surface area contributed by atoms with Gasteiger partial charge in [-0.2, -0.15) is 0 Å². The van der Waals surface area contributed by atoms with E-state index in [0.29, 0.717) is 17.2 Å². The van der Waals surface area contributed by atoms with Crippen molar-refractivity contribution >= 4 is 64.6 Å². The fourth-order valence-corrected chi connectivity index (χ4v) is 3.16. The molecule has 2 aromatic heterocycles. The molecule has 0 aliphatic rings. The minimum atomic E-state index is -1.67. The standard InChI is InChI=1S/C15H18N4O5S.Cl2OS/c1-8(2)4-5-11-12(14(21)22)16-15(25-11)17-13(20)10-6-9(19(23)24)7-18(10)3;1-4(2)3/h6-8H,4-5H2,1-3H3,(H,21,22)(H,16,17,20);. The van der Waals surface area contributed by atoms with Crippen LogP contribution < -0.4 is 5.32 Å².